The number of hydrogen-bond acceptors (Lipinski definition) is 1. The predicted molar refractivity (Wildman–Crippen MR) is 68.5 cm³/mol. The molecule has 0 aromatic carbocycles. The number of hydrogen-bond donors (Lipinski definition) is 0. The van der Waals surface area contributed by atoms with Crippen LogP contribution in [0.25, 0.3) is 0 Å². The molecule has 1 nitrogen and oxygen atoms in total. The molecule has 0 N–H and O–H groups in total. The van der Waals surface area contributed by atoms with Crippen LogP contribution >= 0.6 is 0 Å². The molecule has 2 unspecified atom stereocenters. The van der Waals surface area contributed by atoms with Crippen molar-refractivity contribution in [2.45, 2.75) is 71.3 Å². The molecule has 2 atom stereocenters. The summed E-state index contributed by atoms with van der Waals surface area (Å²) in [6.07, 6.45) is 11.8. The number of rotatable bonds is 2. The zero-order valence-electron chi connectivity index (χ0n) is 11.3. The maximum absolute atomic E-state index is 5.71. The zero-order chi connectivity index (χ0) is 11.6. The Bertz CT molecular complexity index is 211. The van der Waals surface area contributed by atoms with E-state index in [9.17, 15) is 0 Å². The summed E-state index contributed by atoms with van der Waals surface area (Å²) < 4.78 is 5.71. The van der Waals surface area contributed by atoms with Gasteiger partial charge in [-0.15, -0.1) is 0 Å². The normalized spacial score (nSPS) is 36.2. The predicted octanol–water partition coefficient (Wildman–Crippen LogP) is 4.41. The van der Waals surface area contributed by atoms with Crippen molar-refractivity contribution in [2.75, 3.05) is 7.11 Å². The average molecular weight is 224 g/mol. The SMILES string of the molecule is COC1CCCCC1C1CCC(C)(C)CC1. The molecule has 0 aliphatic heterocycles. The first-order chi connectivity index (χ1) is 7.62. The van der Waals surface area contributed by atoms with Crippen LogP contribution in [0.1, 0.15) is 65.2 Å². The van der Waals surface area contributed by atoms with Gasteiger partial charge in [-0.2, -0.15) is 0 Å². The largest absolute Gasteiger partial charge is 0.381 e. The van der Waals surface area contributed by atoms with Gasteiger partial charge in [0, 0.05) is 7.11 Å². The van der Waals surface area contributed by atoms with Crippen LogP contribution in [0.15, 0.2) is 0 Å². The highest BCUT2D eigenvalue weighted by molar-refractivity contribution is 4.87. The van der Waals surface area contributed by atoms with Crippen LogP contribution in [0, 0.1) is 17.3 Å². The molecule has 2 aliphatic carbocycles. The fourth-order valence-corrected chi connectivity index (χ4v) is 3.81. The van der Waals surface area contributed by atoms with E-state index in [0.717, 1.165) is 11.8 Å². The quantitative estimate of drug-likeness (QED) is 0.675. The Morgan fingerprint density at radius 2 is 1.56 bits per heavy atom. The van der Waals surface area contributed by atoms with Crippen molar-refractivity contribution in [3.05, 3.63) is 0 Å². The third-order valence-electron chi connectivity index (χ3n) is 5.05. The van der Waals surface area contributed by atoms with E-state index in [1.54, 1.807) is 0 Å². The van der Waals surface area contributed by atoms with Gasteiger partial charge in [-0.1, -0.05) is 26.7 Å². The van der Waals surface area contributed by atoms with Crippen molar-refractivity contribution in [3.63, 3.8) is 0 Å². The fraction of sp³-hybridized carbons (Fsp3) is 1.00. The van der Waals surface area contributed by atoms with Crippen molar-refractivity contribution in [2.24, 2.45) is 17.3 Å². The highest BCUT2D eigenvalue weighted by Crippen LogP contribution is 2.44. The van der Waals surface area contributed by atoms with E-state index in [1.165, 1.54) is 51.4 Å². The topological polar surface area (TPSA) is 9.23 Å². The first-order valence-corrected chi connectivity index (χ1v) is 7.15. The Labute approximate surface area is 101 Å². The van der Waals surface area contributed by atoms with Crippen LogP contribution in [0.2, 0.25) is 0 Å². The molecule has 1 heteroatoms. The number of methoxy groups -OCH3 is 1. The molecule has 0 bridgehead atoms. The molecule has 2 saturated carbocycles. The minimum atomic E-state index is 0.569. The third-order valence-corrected chi connectivity index (χ3v) is 5.05. The highest BCUT2D eigenvalue weighted by atomic mass is 16.5. The first kappa shape index (κ1) is 12.4. The van der Waals surface area contributed by atoms with Gasteiger partial charge in [0.05, 0.1) is 6.10 Å². The van der Waals surface area contributed by atoms with E-state index in [4.69, 9.17) is 4.74 Å². The van der Waals surface area contributed by atoms with Crippen molar-refractivity contribution in [1.82, 2.24) is 0 Å². The van der Waals surface area contributed by atoms with Crippen LogP contribution in [-0.2, 0) is 4.74 Å². The molecule has 2 fully saturated rings. The Hall–Kier alpha value is -0.0400. The molecule has 0 heterocycles. The van der Waals surface area contributed by atoms with Crippen LogP contribution in [0.4, 0.5) is 0 Å². The fourth-order valence-electron chi connectivity index (χ4n) is 3.81. The van der Waals surface area contributed by atoms with E-state index in [0.29, 0.717) is 11.5 Å². The summed E-state index contributed by atoms with van der Waals surface area (Å²) in [7, 11) is 1.91. The summed E-state index contributed by atoms with van der Waals surface area (Å²) in [6, 6.07) is 0. The summed E-state index contributed by atoms with van der Waals surface area (Å²) in [5.41, 5.74) is 0.605. The smallest absolute Gasteiger partial charge is 0.0602 e. The molecule has 0 amide bonds. The standard InChI is InChI=1S/C15H28O/c1-15(2)10-8-12(9-11-15)13-6-4-5-7-14(13)16-3/h12-14H,4-11H2,1-3H3. The van der Waals surface area contributed by atoms with Crippen molar-refractivity contribution in [1.29, 1.82) is 0 Å². The first-order valence-electron chi connectivity index (χ1n) is 7.15. The molecule has 0 radical (unpaired) electrons. The molecule has 16 heavy (non-hydrogen) atoms. The lowest BCUT2D eigenvalue weighted by molar-refractivity contribution is -0.0171. The van der Waals surface area contributed by atoms with E-state index >= 15 is 0 Å². The van der Waals surface area contributed by atoms with Crippen LogP contribution in [0.3, 0.4) is 0 Å². The second-order valence-corrected chi connectivity index (χ2v) is 6.72. The summed E-state index contributed by atoms with van der Waals surface area (Å²) in [5, 5.41) is 0. The maximum Gasteiger partial charge on any atom is 0.0602 e. The highest BCUT2D eigenvalue weighted by Gasteiger charge is 2.36. The lowest BCUT2D eigenvalue weighted by Crippen LogP contribution is -2.35. The van der Waals surface area contributed by atoms with Gasteiger partial charge in [-0.05, 0) is 55.8 Å². The molecule has 0 aromatic rings. The van der Waals surface area contributed by atoms with Crippen molar-refractivity contribution in [3.8, 4) is 0 Å². The average Bonchev–Trinajstić information content (AvgIpc) is 2.29. The Morgan fingerprint density at radius 1 is 0.938 bits per heavy atom. The van der Waals surface area contributed by atoms with Gasteiger partial charge >= 0.3 is 0 Å². The Kier molecular flexibility index (Phi) is 3.94. The molecule has 0 spiro atoms. The van der Waals surface area contributed by atoms with Gasteiger partial charge in [0.15, 0.2) is 0 Å². The van der Waals surface area contributed by atoms with E-state index in [2.05, 4.69) is 13.8 Å². The van der Waals surface area contributed by atoms with Crippen molar-refractivity contribution >= 4 is 0 Å². The molecule has 0 saturated heterocycles. The van der Waals surface area contributed by atoms with Crippen LogP contribution in [0.5, 0.6) is 0 Å². The molecule has 0 aromatic heterocycles. The summed E-state index contributed by atoms with van der Waals surface area (Å²) in [5.74, 6) is 1.83. The van der Waals surface area contributed by atoms with Gasteiger partial charge in [0.25, 0.3) is 0 Å². The number of ether oxygens (including phenoxy) is 1. The second kappa shape index (κ2) is 5.08. The van der Waals surface area contributed by atoms with Crippen molar-refractivity contribution < 1.29 is 4.74 Å². The molecule has 94 valence electrons. The third kappa shape index (κ3) is 2.80. The monoisotopic (exact) mass is 224 g/mol. The Morgan fingerprint density at radius 3 is 2.19 bits per heavy atom. The van der Waals surface area contributed by atoms with Gasteiger partial charge in [0.2, 0.25) is 0 Å². The lowest BCUT2D eigenvalue weighted by Gasteiger charge is -2.42. The molecule has 2 rings (SSSR count). The van der Waals surface area contributed by atoms with Gasteiger partial charge in [-0.25, -0.2) is 0 Å². The van der Waals surface area contributed by atoms with Gasteiger partial charge in [0.1, 0.15) is 0 Å². The van der Waals surface area contributed by atoms with E-state index in [-0.39, 0.29) is 0 Å². The van der Waals surface area contributed by atoms with E-state index in [1.807, 2.05) is 7.11 Å². The molecular formula is C15H28O. The molecule has 2 aliphatic rings. The summed E-state index contributed by atoms with van der Waals surface area (Å²) in [6.45, 7) is 4.86. The lowest BCUT2D eigenvalue weighted by atomic mass is 9.66. The zero-order valence-corrected chi connectivity index (χ0v) is 11.3. The minimum Gasteiger partial charge on any atom is -0.381 e. The Balaban J connectivity index is 1.91. The van der Waals surface area contributed by atoms with Gasteiger partial charge in [-0.3, -0.25) is 0 Å². The van der Waals surface area contributed by atoms with Crippen LogP contribution in [-0.4, -0.2) is 13.2 Å². The summed E-state index contributed by atoms with van der Waals surface area (Å²) >= 11 is 0. The minimum absolute atomic E-state index is 0.569. The maximum atomic E-state index is 5.71. The summed E-state index contributed by atoms with van der Waals surface area (Å²) in [4.78, 5) is 0. The second-order valence-electron chi connectivity index (χ2n) is 6.72. The van der Waals surface area contributed by atoms with Crippen LogP contribution < -0.4 is 0 Å². The van der Waals surface area contributed by atoms with Gasteiger partial charge < -0.3 is 4.74 Å². The van der Waals surface area contributed by atoms with E-state index < -0.39 is 0 Å². The molecular weight excluding hydrogens is 196 g/mol.